The molecule has 5 heteroatoms. The number of unbranched alkanes of at least 4 members (excludes halogenated alkanes) is 1. The van der Waals surface area contributed by atoms with Gasteiger partial charge in [-0.25, -0.2) is 4.79 Å². The van der Waals surface area contributed by atoms with E-state index in [0.29, 0.717) is 12.3 Å². The third-order valence-electron chi connectivity index (χ3n) is 2.38. The van der Waals surface area contributed by atoms with E-state index in [1.54, 1.807) is 0 Å². The van der Waals surface area contributed by atoms with Crippen molar-refractivity contribution in [1.82, 2.24) is 10.6 Å². The highest BCUT2D eigenvalue weighted by Crippen LogP contribution is 2.02. The molecule has 5 nitrogen and oxygen atoms in total. The summed E-state index contributed by atoms with van der Waals surface area (Å²) in [6, 6.07) is -0.577. The minimum absolute atomic E-state index is 0.0819. The summed E-state index contributed by atoms with van der Waals surface area (Å²) in [7, 11) is 0. The van der Waals surface area contributed by atoms with E-state index < -0.39 is 12.1 Å². The van der Waals surface area contributed by atoms with Crippen LogP contribution in [0.25, 0.3) is 0 Å². The molecule has 0 rings (SSSR count). The zero-order valence-corrected chi connectivity index (χ0v) is 11.0. The minimum Gasteiger partial charge on any atom is -0.465 e. The summed E-state index contributed by atoms with van der Waals surface area (Å²) in [6.45, 7) is 7.12. The van der Waals surface area contributed by atoms with Gasteiger partial charge in [-0.1, -0.05) is 33.6 Å². The molecule has 0 saturated heterocycles. The molecular formula is C12H24N2O3. The average molecular weight is 244 g/mol. The Morgan fingerprint density at radius 1 is 1.29 bits per heavy atom. The van der Waals surface area contributed by atoms with Crippen molar-refractivity contribution in [3.05, 3.63) is 0 Å². The van der Waals surface area contributed by atoms with Gasteiger partial charge in [0.05, 0.1) is 12.6 Å². The molecule has 0 unspecified atom stereocenters. The molecule has 0 aliphatic carbocycles. The highest BCUT2D eigenvalue weighted by atomic mass is 16.4. The van der Waals surface area contributed by atoms with E-state index in [2.05, 4.69) is 24.5 Å². The Hall–Kier alpha value is -1.10. The fourth-order valence-corrected chi connectivity index (χ4v) is 1.48. The average Bonchev–Trinajstić information content (AvgIpc) is 2.22. The van der Waals surface area contributed by atoms with Gasteiger partial charge in [-0.05, 0) is 18.9 Å². The molecule has 0 aliphatic rings. The van der Waals surface area contributed by atoms with Gasteiger partial charge in [-0.2, -0.15) is 0 Å². The SMILES string of the molecule is CCCC[C@H](NC(=O)O)C(=O)CNCC(C)C. The van der Waals surface area contributed by atoms with E-state index >= 15 is 0 Å². The Labute approximate surface area is 103 Å². The van der Waals surface area contributed by atoms with Crippen LogP contribution in [0.3, 0.4) is 0 Å². The first-order chi connectivity index (χ1) is 7.97. The Morgan fingerprint density at radius 2 is 1.94 bits per heavy atom. The number of amides is 1. The molecule has 0 aromatic heterocycles. The smallest absolute Gasteiger partial charge is 0.405 e. The van der Waals surface area contributed by atoms with Crippen molar-refractivity contribution in [3.8, 4) is 0 Å². The van der Waals surface area contributed by atoms with Gasteiger partial charge in [0.15, 0.2) is 5.78 Å². The number of hydrogen-bond donors (Lipinski definition) is 3. The number of hydrogen-bond acceptors (Lipinski definition) is 3. The highest BCUT2D eigenvalue weighted by Gasteiger charge is 2.19. The largest absolute Gasteiger partial charge is 0.465 e. The Kier molecular flexibility index (Phi) is 8.40. The summed E-state index contributed by atoms with van der Waals surface area (Å²) in [6.07, 6.45) is 1.24. The number of carboxylic acid groups (broad SMARTS) is 1. The van der Waals surface area contributed by atoms with Gasteiger partial charge >= 0.3 is 6.09 Å². The third kappa shape index (κ3) is 8.68. The van der Waals surface area contributed by atoms with Crippen LogP contribution in [0.4, 0.5) is 4.79 Å². The second kappa shape index (κ2) is 8.98. The number of ketones is 1. The first kappa shape index (κ1) is 15.9. The number of rotatable bonds is 9. The van der Waals surface area contributed by atoms with Crippen LogP contribution in [-0.2, 0) is 4.79 Å². The van der Waals surface area contributed by atoms with Gasteiger partial charge in [0.1, 0.15) is 0 Å². The molecule has 1 atom stereocenters. The first-order valence-electron chi connectivity index (χ1n) is 6.20. The van der Waals surface area contributed by atoms with Crippen molar-refractivity contribution in [2.75, 3.05) is 13.1 Å². The lowest BCUT2D eigenvalue weighted by Gasteiger charge is -2.16. The molecule has 0 aromatic rings. The third-order valence-corrected chi connectivity index (χ3v) is 2.38. The maximum absolute atomic E-state index is 11.8. The van der Waals surface area contributed by atoms with Gasteiger partial charge in [-0.15, -0.1) is 0 Å². The zero-order chi connectivity index (χ0) is 13.3. The summed E-state index contributed by atoms with van der Waals surface area (Å²) < 4.78 is 0. The molecule has 100 valence electrons. The first-order valence-corrected chi connectivity index (χ1v) is 6.20. The molecule has 0 bridgehead atoms. The van der Waals surface area contributed by atoms with E-state index in [1.807, 2.05) is 6.92 Å². The molecule has 0 fully saturated rings. The van der Waals surface area contributed by atoms with Crippen molar-refractivity contribution in [3.63, 3.8) is 0 Å². The van der Waals surface area contributed by atoms with Crippen molar-refractivity contribution in [2.45, 2.75) is 46.1 Å². The molecule has 1 amide bonds. The van der Waals surface area contributed by atoms with Gasteiger partial charge in [0, 0.05) is 0 Å². The lowest BCUT2D eigenvalue weighted by Crippen LogP contribution is -2.44. The Balaban J connectivity index is 4.07. The lowest BCUT2D eigenvalue weighted by molar-refractivity contribution is -0.120. The molecule has 17 heavy (non-hydrogen) atoms. The summed E-state index contributed by atoms with van der Waals surface area (Å²) in [5.41, 5.74) is 0. The molecule has 0 aromatic carbocycles. The molecule has 0 heterocycles. The van der Waals surface area contributed by atoms with Crippen molar-refractivity contribution in [2.24, 2.45) is 5.92 Å². The maximum atomic E-state index is 11.8. The van der Waals surface area contributed by atoms with Crippen molar-refractivity contribution in [1.29, 1.82) is 0 Å². The van der Waals surface area contributed by atoms with Gasteiger partial charge < -0.3 is 15.7 Å². The van der Waals surface area contributed by atoms with Crippen LogP contribution in [-0.4, -0.2) is 36.1 Å². The van der Waals surface area contributed by atoms with E-state index in [-0.39, 0.29) is 12.3 Å². The Morgan fingerprint density at radius 3 is 2.41 bits per heavy atom. The molecule has 0 aliphatic heterocycles. The standard InChI is InChI=1S/C12H24N2O3/c1-4-5-6-10(14-12(16)17)11(15)8-13-7-9(2)3/h9-10,13-14H,4-8H2,1-3H3,(H,16,17)/t10-/m0/s1. The minimum atomic E-state index is -1.14. The number of carbonyl (C=O) groups is 2. The normalized spacial score (nSPS) is 12.5. The van der Waals surface area contributed by atoms with Gasteiger partial charge in [0.2, 0.25) is 0 Å². The monoisotopic (exact) mass is 244 g/mol. The number of carbonyl (C=O) groups excluding carboxylic acids is 1. The van der Waals surface area contributed by atoms with Crippen LogP contribution in [0.15, 0.2) is 0 Å². The summed E-state index contributed by atoms with van der Waals surface area (Å²) >= 11 is 0. The lowest BCUT2D eigenvalue weighted by atomic mass is 10.1. The number of Topliss-reactive ketones (excluding diaryl/α,β-unsaturated/α-hetero) is 1. The summed E-state index contributed by atoms with van der Waals surface area (Å²) in [5.74, 6) is 0.394. The van der Waals surface area contributed by atoms with Crippen LogP contribution in [0.5, 0.6) is 0 Å². The fraction of sp³-hybridized carbons (Fsp3) is 0.833. The number of nitrogens with one attached hydrogen (secondary N) is 2. The highest BCUT2D eigenvalue weighted by molar-refractivity contribution is 5.88. The van der Waals surface area contributed by atoms with E-state index in [9.17, 15) is 9.59 Å². The van der Waals surface area contributed by atoms with Crippen LogP contribution < -0.4 is 10.6 Å². The van der Waals surface area contributed by atoms with E-state index in [0.717, 1.165) is 19.4 Å². The van der Waals surface area contributed by atoms with Crippen molar-refractivity contribution >= 4 is 11.9 Å². The van der Waals surface area contributed by atoms with E-state index in [1.165, 1.54) is 0 Å². The van der Waals surface area contributed by atoms with Gasteiger partial charge in [0.25, 0.3) is 0 Å². The summed E-state index contributed by atoms with van der Waals surface area (Å²) in [5, 5.41) is 14.0. The van der Waals surface area contributed by atoms with Crippen LogP contribution in [0, 0.1) is 5.92 Å². The molecule has 0 radical (unpaired) electrons. The van der Waals surface area contributed by atoms with Crippen LogP contribution in [0.2, 0.25) is 0 Å². The maximum Gasteiger partial charge on any atom is 0.405 e. The quantitative estimate of drug-likeness (QED) is 0.576. The molecular weight excluding hydrogens is 220 g/mol. The molecule has 3 N–H and O–H groups in total. The molecule has 0 spiro atoms. The predicted molar refractivity (Wildman–Crippen MR) is 67.2 cm³/mol. The molecule has 0 saturated carbocycles. The van der Waals surface area contributed by atoms with Gasteiger partial charge in [-0.3, -0.25) is 4.79 Å². The zero-order valence-electron chi connectivity index (χ0n) is 11.0. The van der Waals surface area contributed by atoms with Crippen LogP contribution in [0.1, 0.15) is 40.0 Å². The Bertz CT molecular complexity index is 242. The second-order valence-corrected chi connectivity index (χ2v) is 4.64. The van der Waals surface area contributed by atoms with Crippen molar-refractivity contribution < 1.29 is 14.7 Å². The fourth-order valence-electron chi connectivity index (χ4n) is 1.48. The predicted octanol–water partition coefficient (Wildman–Crippen LogP) is 1.63. The van der Waals surface area contributed by atoms with Crippen LogP contribution >= 0.6 is 0 Å². The summed E-state index contributed by atoms with van der Waals surface area (Å²) in [4.78, 5) is 22.4. The van der Waals surface area contributed by atoms with E-state index in [4.69, 9.17) is 5.11 Å². The topological polar surface area (TPSA) is 78.4 Å². The second-order valence-electron chi connectivity index (χ2n) is 4.64.